The van der Waals surface area contributed by atoms with Gasteiger partial charge >= 0.3 is 0 Å². The van der Waals surface area contributed by atoms with Crippen molar-refractivity contribution in [2.24, 2.45) is 10.9 Å². The molecule has 0 spiro atoms. The van der Waals surface area contributed by atoms with Crippen molar-refractivity contribution in [2.75, 3.05) is 77.0 Å². The second kappa shape index (κ2) is 10.5. The quantitative estimate of drug-likeness (QED) is 0.595. The molecule has 1 aromatic rings. The van der Waals surface area contributed by atoms with Crippen LogP contribution in [0.4, 0.5) is 5.82 Å². The van der Waals surface area contributed by atoms with E-state index >= 15 is 0 Å². The minimum atomic E-state index is 0.548. The van der Waals surface area contributed by atoms with E-state index in [0.717, 1.165) is 83.9 Å². The number of aromatic nitrogens is 1. The summed E-state index contributed by atoms with van der Waals surface area (Å²) in [5.74, 6) is 2.66. The Hall–Kier alpha value is -1.86. The normalized spacial score (nSPS) is 20.6. The predicted octanol–water partition coefficient (Wildman–Crippen LogP) is 1.14. The Morgan fingerprint density at radius 2 is 1.96 bits per heavy atom. The Labute approximate surface area is 163 Å². The topological polar surface area (TPSA) is 56.2 Å². The highest BCUT2D eigenvalue weighted by Gasteiger charge is 2.21. The third kappa shape index (κ3) is 6.07. The molecule has 7 nitrogen and oxygen atoms in total. The summed E-state index contributed by atoms with van der Waals surface area (Å²) in [6, 6.07) is 6.10. The molecule has 2 saturated heterocycles. The predicted molar refractivity (Wildman–Crippen MR) is 110 cm³/mol. The van der Waals surface area contributed by atoms with Crippen molar-refractivity contribution >= 4 is 11.8 Å². The number of piperazine rings is 1. The first-order chi connectivity index (χ1) is 13.3. The summed E-state index contributed by atoms with van der Waals surface area (Å²) in [4.78, 5) is 16.6. The molecule has 2 fully saturated rings. The minimum absolute atomic E-state index is 0.548. The molecule has 0 aliphatic carbocycles. The average molecular weight is 375 g/mol. The number of hydrogen-bond donors (Lipinski definition) is 1. The summed E-state index contributed by atoms with van der Waals surface area (Å²) in [7, 11) is 0. The van der Waals surface area contributed by atoms with Gasteiger partial charge in [0.2, 0.25) is 0 Å². The molecular weight excluding hydrogens is 340 g/mol. The fourth-order valence-corrected chi connectivity index (χ4v) is 3.64. The Balaban J connectivity index is 1.50. The fourth-order valence-electron chi connectivity index (χ4n) is 3.64. The third-order valence-corrected chi connectivity index (χ3v) is 5.11. The maximum atomic E-state index is 5.44. The van der Waals surface area contributed by atoms with Crippen LogP contribution in [0.15, 0.2) is 29.4 Å². The number of nitrogens with zero attached hydrogens (tertiary/aromatic N) is 5. The molecule has 0 amide bonds. The summed E-state index contributed by atoms with van der Waals surface area (Å²) in [5.41, 5.74) is 0. The molecule has 3 rings (SSSR count). The van der Waals surface area contributed by atoms with Crippen LogP contribution in [0.3, 0.4) is 0 Å². The first kappa shape index (κ1) is 19.9. The molecule has 0 aromatic carbocycles. The van der Waals surface area contributed by atoms with Crippen LogP contribution >= 0.6 is 0 Å². The van der Waals surface area contributed by atoms with E-state index in [1.807, 2.05) is 12.3 Å². The zero-order valence-corrected chi connectivity index (χ0v) is 16.8. The molecule has 1 unspecified atom stereocenters. The lowest BCUT2D eigenvalue weighted by Gasteiger charge is -2.37. The van der Waals surface area contributed by atoms with Crippen LogP contribution < -0.4 is 10.2 Å². The minimum Gasteiger partial charge on any atom is -0.379 e. The van der Waals surface area contributed by atoms with Crippen LogP contribution in [0.2, 0.25) is 0 Å². The number of morpholine rings is 1. The second-order valence-electron chi connectivity index (χ2n) is 7.37. The first-order valence-electron chi connectivity index (χ1n) is 10.3. The number of ether oxygens (including phenoxy) is 1. The van der Waals surface area contributed by atoms with Gasteiger partial charge in [-0.2, -0.15) is 0 Å². The van der Waals surface area contributed by atoms with E-state index in [4.69, 9.17) is 9.73 Å². The molecule has 1 aromatic heterocycles. The van der Waals surface area contributed by atoms with Gasteiger partial charge in [-0.15, -0.1) is 0 Å². The Bertz CT molecular complexity index is 567. The first-order valence-corrected chi connectivity index (χ1v) is 10.3. The van der Waals surface area contributed by atoms with Gasteiger partial charge in [-0.05, 0) is 25.0 Å². The van der Waals surface area contributed by atoms with Crippen molar-refractivity contribution in [3.8, 4) is 0 Å². The lowest BCUT2D eigenvalue weighted by atomic mass is 10.1. The zero-order valence-electron chi connectivity index (χ0n) is 16.8. The summed E-state index contributed by atoms with van der Waals surface area (Å²) in [6.07, 6.45) is 1.86. The Morgan fingerprint density at radius 3 is 2.63 bits per heavy atom. The highest BCUT2D eigenvalue weighted by Crippen LogP contribution is 2.13. The number of hydrogen-bond acceptors (Lipinski definition) is 5. The molecule has 0 bridgehead atoms. The summed E-state index contributed by atoms with van der Waals surface area (Å²) in [6.45, 7) is 15.0. The second-order valence-corrected chi connectivity index (χ2v) is 7.37. The number of anilines is 1. The molecule has 27 heavy (non-hydrogen) atoms. The molecule has 150 valence electrons. The van der Waals surface area contributed by atoms with E-state index in [0.29, 0.717) is 5.92 Å². The van der Waals surface area contributed by atoms with Gasteiger partial charge in [0.25, 0.3) is 0 Å². The van der Waals surface area contributed by atoms with Gasteiger partial charge in [-0.1, -0.05) is 13.0 Å². The maximum absolute atomic E-state index is 5.44. The monoisotopic (exact) mass is 374 g/mol. The summed E-state index contributed by atoms with van der Waals surface area (Å²) < 4.78 is 5.44. The van der Waals surface area contributed by atoms with Crippen molar-refractivity contribution in [1.29, 1.82) is 0 Å². The van der Waals surface area contributed by atoms with E-state index in [1.54, 1.807) is 0 Å². The maximum Gasteiger partial charge on any atom is 0.194 e. The van der Waals surface area contributed by atoms with Crippen LogP contribution in [0.25, 0.3) is 0 Å². The number of rotatable bonds is 6. The average Bonchev–Trinajstić information content (AvgIpc) is 2.73. The van der Waals surface area contributed by atoms with Gasteiger partial charge in [0.05, 0.1) is 13.2 Å². The van der Waals surface area contributed by atoms with Gasteiger partial charge in [0.1, 0.15) is 5.82 Å². The van der Waals surface area contributed by atoms with E-state index in [9.17, 15) is 0 Å². The van der Waals surface area contributed by atoms with Crippen LogP contribution in [0.5, 0.6) is 0 Å². The van der Waals surface area contributed by atoms with E-state index in [1.165, 1.54) is 0 Å². The van der Waals surface area contributed by atoms with Crippen LogP contribution in [-0.2, 0) is 4.74 Å². The van der Waals surface area contributed by atoms with E-state index < -0.39 is 0 Å². The van der Waals surface area contributed by atoms with Gasteiger partial charge in [0, 0.05) is 65.1 Å². The van der Waals surface area contributed by atoms with Crippen molar-refractivity contribution in [2.45, 2.75) is 13.8 Å². The van der Waals surface area contributed by atoms with Gasteiger partial charge < -0.3 is 19.9 Å². The molecule has 3 heterocycles. The highest BCUT2D eigenvalue weighted by atomic mass is 16.5. The third-order valence-electron chi connectivity index (χ3n) is 5.11. The summed E-state index contributed by atoms with van der Waals surface area (Å²) in [5, 5.41) is 3.47. The number of nitrogens with one attached hydrogen (secondary N) is 1. The van der Waals surface area contributed by atoms with Gasteiger partial charge in [0.15, 0.2) is 5.96 Å². The van der Waals surface area contributed by atoms with Crippen LogP contribution in [-0.4, -0.2) is 92.9 Å². The van der Waals surface area contributed by atoms with Crippen LogP contribution in [0, 0.1) is 5.92 Å². The SMILES string of the molecule is CCNC(=NCC(C)CN1CCOCC1)N1CCN(c2ccccn2)CC1. The van der Waals surface area contributed by atoms with Crippen LogP contribution in [0.1, 0.15) is 13.8 Å². The molecular formula is C20H34N6O. The molecule has 2 aliphatic heterocycles. The van der Waals surface area contributed by atoms with Crippen molar-refractivity contribution in [3.63, 3.8) is 0 Å². The molecule has 0 radical (unpaired) electrons. The number of pyridine rings is 1. The fraction of sp³-hybridized carbons (Fsp3) is 0.700. The lowest BCUT2D eigenvalue weighted by molar-refractivity contribution is 0.0323. The van der Waals surface area contributed by atoms with Crippen molar-refractivity contribution < 1.29 is 4.74 Å². The van der Waals surface area contributed by atoms with E-state index in [2.05, 4.69) is 51.0 Å². The van der Waals surface area contributed by atoms with E-state index in [-0.39, 0.29) is 0 Å². The largest absolute Gasteiger partial charge is 0.379 e. The zero-order chi connectivity index (χ0) is 18.9. The standard InChI is InChI=1S/C20H34N6O/c1-3-21-20(23-16-18(2)17-24-12-14-27-15-13-24)26-10-8-25(9-11-26)19-6-4-5-7-22-19/h4-7,18H,3,8-17H2,1-2H3,(H,21,23). The number of guanidine groups is 1. The smallest absolute Gasteiger partial charge is 0.194 e. The molecule has 0 saturated carbocycles. The molecule has 7 heteroatoms. The van der Waals surface area contributed by atoms with Crippen molar-refractivity contribution in [3.05, 3.63) is 24.4 Å². The van der Waals surface area contributed by atoms with Crippen molar-refractivity contribution in [1.82, 2.24) is 20.1 Å². The highest BCUT2D eigenvalue weighted by molar-refractivity contribution is 5.80. The lowest BCUT2D eigenvalue weighted by Crippen LogP contribution is -2.53. The molecule has 2 aliphatic rings. The van der Waals surface area contributed by atoms with Gasteiger partial charge in [-0.3, -0.25) is 9.89 Å². The Morgan fingerprint density at radius 1 is 1.19 bits per heavy atom. The summed E-state index contributed by atoms with van der Waals surface area (Å²) >= 11 is 0. The molecule has 1 N–H and O–H groups in total. The molecule has 1 atom stereocenters. The van der Waals surface area contributed by atoms with Gasteiger partial charge in [-0.25, -0.2) is 4.98 Å². The Kier molecular flexibility index (Phi) is 7.71. The number of aliphatic imine (C=N–C) groups is 1.